The van der Waals surface area contributed by atoms with Crippen LogP contribution in [0.5, 0.6) is 5.75 Å². The molecule has 4 heteroatoms. The van der Waals surface area contributed by atoms with Crippen molar-refractivity contribution in [2.75, 3.05) is 7.11 Å². The van der Waals surface area contributed by atoms with Gasteiger partial charge >= 0.3 is 0 Å². The van der Waals surface area contributed by atoms with Gasteiger partial charge in [0, 0.05) is 0 Å². The lowest BCUT2D eigenvalue weighted by Gasteiger charge is -2.25. The topological polar surface area (TPSA) is 64.3 Å². The van der Waals surface area contributed by atoms with Crippen molar-refractivity contribution in [2.24, 2.45) is 11.7 Å². The Hall–Kier alpha value is -1.55. The van der Waals surface area contributed by atoms with E-state index in [1.54, 1.807) is 7.11 Å². The molecule has 122 valence electrons. The van der Waals surface area contributed by atoms with Gasteiger partial charge in [-0.05, 0) is 37.0 Å². The molecule has 0 aromatic heterocycles. The zero-order chi connectivity index (χ0) is 15.9. The Kier molecular flexibility index (Phi) is 6.25. The number of carbonyl (C=O) groups is 1. The van der Waals surface area contributed by atoms with E-state index in [-0.39, 0.29) is 11.9 Å². The van der Waals surface area contributed by atoms with Crippen LogP contribution in [0.4, 0.5) is 0 Å². The largest absolute Gasteiger partial charge is 0.497 e. The molecule has 0 heterocycles. The number of amides is 1. The van der Waals surface area contributed by atoms with Crippen molar-refractivity contribution >= 4 is 5.91 Å². The van der Waals surface area contributed by atoms with Crippen LogP contribution in [-0.4, -0.2) is 19.1 Å². The van der Waals surface area contributed by atoms with Crippen LogP contribution in [-0.2, 0) is 4.79 Å². The molecule has 0 aliphatic heterocycles. The van der Waals surface area contributed by atoms with Gasteiger partial charge in [-0.1, -0.05) is 44.2 Å². The molecule has 1 aliphatic rings. The van der Waals surface area contributed by atoms with E-state index in [0.29, 0.717) is 5.92 Å². The second-order valence-electron chi connectivity index (χ2n) is 6.35. The minimum atomic E-state index is -0.399. The second-order valence-corrected chi connectivity index (χ2v) is 6.35. The summed E-state index contributed by atoms with van der Waals surface area (Å²) in [5, 5.41) is 3.02. The van der Waals surface area contributed by atoms with Crippen LogP contribution in [0.2, 0.25) is 0 Å². The molecule has 1 amide bonds. The second kappa shape index (κ2) is 8.18. The van der Waals surface area contributed by atoms with Crippen LogP contribution in [0.3, 0.4) is 0 Å². The predicted octanol–water partition coefficient (Wildman–Crippen LogP) is 3.17. The third kappa shape index (κ3) is 4.73. The maximum Gasteiger partial charge on any atom is 0.237 e. The van der Waals surface area contributed by atoms with Crippen LogP contribution >= 0.6 is 0 Å². The summed E-state index contributed by atoms with van der Waals surface area (Å²) < 4.78 is 5.15. The van der Waals surface area contributed by atoms with Crippen molar-refractivity contribution in [3.05, 3.63) is 29.8 Å². The van der Waals surface area contributed by atoms with Gasteiger partial charge in [0.15, 0.2) is 0 Å². The van der Waals surface area contributed by atoms with Crippen LogP contribution in [0.1, 0.15) is 57.1 Å². The SMILES string of the molecule is COc1ccc(C(C)NC(=O)C(N)CC2CCCCC2)cc1. The van der Waals surface area contributed by atoms with Gasteiger partial charge in [-0.25, -0.2) is 0 Å². The van der Waals surface area contributed by atoms with Gasteiger partial charge in [0.2, 0.25) is 5.91 Å². The summed E-state index contributed by atoms with van der Waals surface area (Å²) in [6.07, 6.45) is 7.13. The number of rotatable bonds is 6. The number of ether oxygens (including phenoxy) is 1. The van der Waals surface area contributed by atoms with Crippen molar-refractivity contribution in [3.8, 4) is 5.75 Å². The molecule has 3 N–H and O–H groups in total. The Morgan fingerprint density at radius 2 is 1.91 bits per heavy atom. The molecule has 1 saturated carbocycles. The fourth-order valence-electron chi connectivity index (χ4n) is 3.19. The average molecular weight is 304 g/mol. The smallest absolute Gasteiger partial charge is 0.237 e. The van der Waals surface area contributed by atoms with E-state index >= 15 is 0 Å². The van der Waals surface area contributed by atoms with Crippen LogP contribution < -0.4 is 15.8 Å². The van der Waals surface area contributed by atoms with Crippen molar-refractivity contribution < 1.29 is 9.53 Å². The van der Waals surface area contributed by atoms with Gasteiger partial charge in [0.1, 0.15) is 5.75 Å². The molecule has 0 bridgehead atoms. The predicted molar refractivity (Wildman–Crippen MR) is 88.7 cm³/mol. The fourth-order valence-corrected chi connectivity index (χ4v) is 3.19. The third-order valence-electron chi connectivity index (χ3n) is 4.62. The number of nitrogens with two attached hydrogens (primary N) is 1. The van der Waals surface area contributed by atoms with Crippen LogP contribution in [0.25, 0.3) is 0 Å². The summed E-state index contributed by atoms with van der Waals surface area (Å²) in [6.45, 7) is 1.98. The molecule has 2 unspecified atom stereocenters. The molecule has 1 fully saturated rings. The van der Waals surface area contributed by atoms with Gasteiger partial charge in [-0.3, -0.25) is 4.79 Å². The van der Waals surface area contributed by atoms with Gasteiger partial charge < -0.3 is 15.8 Å². The molecule has 1 aliphatic carbocycles. The van der Waals surface area contributed by atoms with Gasteiger partial charge in [-0.2, -0.15) is 0 Å². The number of methoxy groups -OCH3 is 1. The summed E-state index contributed by atoms with van der Waals surface area (Å²) in [5.74, 6) is 1.39. The monoisotopic (exact) mass is 304 g/mol. The molecular weight excluding hydrogens is 276 g/mol. The maximum absolute atomic E-state index is 12.3. The zero-order valence-corrected chi connectivity index (χ0v) is 13.7. The first-order valence-electron chi connectivity index (χ1n) is 8.30. The molecule has 1 aromatic carbocycles. The molecule has 0 radical (unpaired) electrons. The van der Waals surface area contributed by atoms with Crippen LogP contribution in [0.15, 0.2) is 24.3 Å². The first kappa shape index (κ1) is 16.8. The van der Waals surface area contributed by atoms with E-state index in [0.717, 1.165) is 17.7 Å². The van der Waals surface area contributed by atoms with Crippen LogP contribution in [0, 0.1) is 5.92 Å². The standard InChI is InChI=1S/C18H28N2O2/c1-13(15-8-10-16(22-2)11-9-15)20-18(21)17(19)12-14-6-4-3-5-7-14/h8-11,13-14,17H,3-7,12,19H2,1-2H3,(H,20,21). The molecule has 1 aromatic rings. The highest BCUT2D eigenvalue weighted by Crippen LogP contribution is 2.27. The lowest BCUT2D eigenvalue weighted by atomic mass is 9.85. The van der Waals surface area contributed by atoms with E-state index in [9.17, 15) is 4.79 Å². The first-order chi connectivity index (χ1) is 10.6. The van der Waals surface area contributed by atoms with Gasteiger partial charge in [0.05, 0.1) is 19.2 Å². The van der Waals surface area contributed by atoms with Crippen molar-refractivity contribution in [1.82, 2.24) is 5.32 Å². The lowest BCUT2D eigenvalue weighted by Crippen LogP contribution is -2.42. The number of nitrogens with one attached hydrogen (secondary N) is 1. The van der Waals surface area contributed by atoms with Gasteiger partial charge in [-0.15, -0.1) is 0 Å². The Morgan fingerprint density at radius 3 is 2.50 bits per heavy atom. The highest BCUT2D eigenvalue weighted by atomic mass is 16.5. The molecule has 0 spiro atoms. The maximum atomic E-state index is 12.3. The summed E-state index contributed by atoms with van der Waals surface area (Å²) in [5.41, 5.74) is 7.14. The molecular formula is C18H28N2O2. The molecule has 0 saturated heterocycles. The quantitative estimate of drug-likeness (QED) is 0.848. The number of benzene rings is 1. The summed E-state index contributed by atoms with van der Waals surface area (Å²) in [6, 6.07) is 7.30. The summed E-state index contributed by atoms with van der Waals surface area (Å²) >= 11 is 0. The van der Waals surface area contributed by atoms with E-state index in [1.165, 1.54) is 32.1 Å². The Bertz CT molecular complexity index is 466. The van der Waals surface area contributed by atoms with E-state index in [2.05, 4.69) is 5.32 Å². The van der Waals surface area contributed by atoms with Crippen molar-refractivity contribution in [1.29, 1.82) is 0 Å². The average Bonchev–Trinajstić information content (AvgIpc) is 2.55. The fraction of sp³-hybridized carbons (Fsp3) is 0.611. The van der Waals surface area contributed by atoms with E-state index in [1.807, 2.05) is 31.2 Å². The van der Waals surface area contributed by atoms with Crippen molar-refractivity contribution in [2.45, 2.75) is 57.5 Å². The summed E-state index contributed by atoms with van der Waals surface area (Å²) in [4.78, 5) is 12.3. The minimum Gasteiger partial charge on any atom is -0.497 e. The zero-order valence-electron chi connectivity index (χ0n) is 13.7. The van der Waals surface area contributed by atoms with E-state index in [4.69, 9.17) is 10.5 Å². The minimum absolute atomic E-state index is 0.0455. The normalized spacial score (nSPS) is 18.5. The number of hydrogen-bond acceptors (Lipinski definition) is 3. The summed E-state index contributed by atoms with van der Waals surface area (Å²) in [7, 11) is 1.64. The molecule has 2 rings (SSSR count). The van der Waals surface area contributed by atoms with Crippen molar-refractivity contribution in [3.63, 3.8) is 0 Å². The molecule has 2 atom stereocenters. The first-order valence-corrected chi connectivity index (χ1v) is 8.30. The third-order valence-corrected chi connectivity index (χ3v) is 4.62. The van der Waals surface area contributed by atoms with E-state index < -0.39 is 6.04 Å². The lowest BCUT2D eigenvalue weighted by molar-refractivity contribution is -0.123. The Balaban J connectivity index is 1.83. The highest BCUT2D eigenvalue weighted by molar-refractivity contribution is 5.81. The Labute approximate surface area is 133 Å². The van der Waals surface area contributed by atoms with Gasteiger partial charge in [0.25, 0.3) is 0 Å². The molecule has 22 heavy (non-hydrogen) atoms. The highest BCUT2D eigenvalue weighted by Gasteiger charge is 2.22. The Morgan fingerprint density at radius 1 is 1.27 bits per heavy atom. The molecule has 4 nitrogen and oxygen atoms in total. The number of carbonyl (C=O) groups excluding carboxylic acids is 1. The number of hydrogen-bond donors (Lipinski definition) is 2.